The lowest BCUT2D eigenvalue weighted by atomic mass is 9.73. The minimum Gasteiger partial charge on any atom is -0.309 e. The number of hydrogen-bond donors (Lipinski definition) is 0. The van der Waals surface area contributed by atoms with Gasteiger partial charge < -0.3 is 9.46 Å². The average Bonchev–Trinajstić information content (AvgIpc) is 3.23. The van der Waals surface area contributed by atoms with Gasteiger partial charge >= 0.3 is 0 Å². The fourth-order valence-electron chi connectivity index (χ4n) is 6.30. The van der Waals surface area contributed by atoms with Gasteiger partial charge in [-0.05, 0) is 52.6 Å². The number of nitrogens with zero attached hydrogens (tertiary/aromatic N) is 2. The predicted molar refractivity (Wildman–Crippen MR) is 156 cm³/mol. The van der Waals surface area contributed by atoms with E-state index in [0.29, 0.717) is 10.9 Å². The first-order chi connectivity index (χ1) is 18.5. The van der Waals surface area contributed by atoms with Crippen molar-refractivity contribution in [2.75, 3.05) is 4.90 Å². The summed E-state index contributed by atoms with van der Waals surface area (Å²) in [4.78, 5) is 2.25. The highest BCUT2D eigenvalue weighted by atomic mass is 31.2. The molecule has 0 atom stereocenters. The van der Waals surface area contributed by atoms with Crippen molar-refractivity contribution in [2.24, 2.45) is 0 Å². The highest BCUT2D eigenvalue weighted by molar-refractivity contribution is 7.86. The van der Waals surface area contributed by atoms with Gasteiger partial charge in [-0.25, -0.2) is 0 Å². The van der Waals surface area contributed by atoms with Crippen LogP contribution in [0.5, 0.6) is 0 Å². The van der Waals surface area contributed by atoms with Gasteiger partial charge in [0.25, 0.3) is 0 Å². The standard InChI is InChI=1S/C34H25N2OP/c1-34(2)26-13-5-7-15-28(26)36(29-16-8-6-14-27(29)34)30-20-19-23(22-35)21-33(30)38(37)31-17-9-3-11-24(31)25-12-4-10-18-32(25)38/h3-21H,1-2H3. The summed E-state index contributed by atoms with van der Waals surface area (Å²) in [5.74, 6) is 0. The first kappa shape index (κ1) is 22.8. The Bertz CT molecular complexity index is 1760. The highest BCUT2D eigenvalue weighted by Crippen LogP contribution is 2.57. The van der Waals surface area contributed by atoms with Crippen LogP contribution < -0.4 is 20.8 Å². The Hall–Kier alpha value is -4.38. The van der Waals surface area contributed by atoms with E-state index in [1.165, 1.54) is 11.1 Å². The molecule has 0 N–H and O–H groups in total. The fourth-order valence-corrected chi connectivity index (χ4v) is 9.56. The molecular weight excluding hydrogens is 483 g/mol. The first-order valence-corrected chi connectivity index (χ1v) is 14.5. The van der Waals surface area contributed by atoms with E-state index in [0.717, 1.165) is 38.8 Å². The van der Waals surface area contributed by atoms with E-state index < -0.39 is 7.14 Å². The summed E-state index contributed by atoms with van der Waals surface area (Å²) in [5.41, 5.74) is 7.69. The number of rotatable bonds is 2. The SMILES string of the molecule is CC1(C)c2ccccc2N(c2ccc(C#N)cc2P2(=O)c3ccccc3-c3ccccc32)c2ccccc21. The first-order valence-electron chi connectivity index (χ1n) is 12.8. The summed E-state index contributed by atoms with van der Waals surface area (Å²) in [6.07, 6.45) is 0. The third kappa shape index (κ3) is 2.93. The van der Waals surface area contributed by atoms with Crippen molar-refractivity contribution in [1.29, 1.82) is 5.26 Å². The molecule has 0 fully saturated rings. The van der Waals surface area contributed by atoms with Gasteiger partial charge in [0, 0.05) is 21.3 Å². The maximum absolute atomic E-state index is 15.6. The van der Waals surface area contributed by atoms with E-state index in [1.807, 2.05) is 54.6 Å². The van der Waals surface area contributed by atoms with Gasteiger partial charge in [-0.1, -0.05) is 98.8 Å². The van der Waals surface area contributed by atoms with E-state index in [4.69, 9.17) is 0 Å². The van der Waals surface area contributed by atoms with Crippen molar-refractivity contribution < 1.29 is 4.57 Å². The molecule has 3 nitrogen and oxygen atoms in total. The molecule has 38 heavy (non-hydrogen) atoms. The molecule has 182 valence electrons. The second-order valence-corrected chi connectivity index (χ2v) is 13.1. The molecule has 0 aromatic heterocycles. The molecule has 5 aromatic rings. The quantitative estimate of drug-likeness (QED) is 0.231. The van der Waals surface area contributed by atoms with Crippen molar-refractivity contribution in [2.45, 2.75) is 19.3 Å². The third-order valence-electron chi connectivity index (χ3n) is 8.10. The topological polar surface area (TPSA) is 44.1 Å². The third-order valence-corrected chi connectivity index (χ3v) is 11.3. The summed E-state index contributed by atoms with van der Waals surface area (Å²) in [6, 6.07) is 40.9. The van der Waals surface area contributed by atoms with E-state index >= 15 is 4.57 Å². The molecule has 0 spiro atoms. The zero-order chi connectivity index (χ0) is 26.1. The van der Waals surface area contributed by atoms with Crippen LogP contribution in [0.1, 0.15) is 30.5 Å². The number of anilines is 3. The lowest BCUT2D eigenvalue weighted by molar-refractivity contribution is 0.593. The molecule has 0 saturated heterocycles. The van der Waals surface area contributed by atoms with E-state index in [1.54, 1.807) is 0 Å². The molecule has 2 aliphatic rings. The summed E-state index contributed by atoms with van der Waals surface area (Å²) in [5, 5.41) is 12.3. The van der Waals surface area contributed by atoms with Crippen LogP contribution in [0.3, 0.4) is 0 Å². The van der Waals surface area contributed by atoms with Crippen LogP contribution in [-0.2, 0) is 9.98 Å². The number of fused-ring (bicyclic) bond motifs is 5. The molecule has 0 bridgehead atoms. The maximum Gasteiger partial charge on any atom is 0.174 e. The van der Waals surface area contributed by atoms with E-state index in [-0.39, 0.29) is 5.41 Å². The second kappa shape index (κ2) is 8.06. The Morgan fingerprint density at radius 3 is 1.68 bits per heavy atom. The Balaban J connectivity index is 1.59. The maximum atomic E-state index is 15.6. The minimum atomic E-state index is -3.30. The molecule has 2 aliphatic heterocycles. The molecule has 0 aliphatic carbocycles. The molecule has 4 heteroatoms. The predicted octanol–water partition coefficient (Wildman–Crippen LogP) is 7.29. The van der Waals surface area contributed by atoms with Gasteiger partial charge in [-0.3, -0.25) is 0 Å². The summed E-state index contributed by atoms with van der Waals surface area (Å²) in [6.45, 7) is 4.51. The van der Waals surface area contributed by atoms with Crippen LogP contribution in [-0.4, -0.2) is 0 Å². The summed E-state index contributed by atoms with van der Waals surface area (Å²) >= 11 is 0. The van der Waals surface area contributed by atoms with Crippen LogP contribution in [0.4, 0.5) is 17.1 Å². The van der Waals surface area contributed by atoms with Gasteiger partial charge in [-0.15, -0.1) is 0 Å². The summed E-state index contributed by atoms with van der Waals surface area (Å²) < 4.78 is 15.6. The molecule has 2 heterocycles. The Labute approximate surface area is 223 Å². The molecule has 0 radical (unpaired) electrons. The molecular formula is C34H25N2OP. The van der Waals surface area contributed by atoms with Crippen molar-refractivity contribution in [3.05, 3.63) is 132 Å². The monoisotopic (exact) mass is 508 g/mol. The zero-order valence-corrected chi connectivity index (χ0v) is 22.1. The molecule has 0 amide bonds. The molecule has 0 saturated carbocycles. The smallest absolute Gasteiger partial charge is 0.174 e. The molecule has 0 unspecified atom stereocenters. The van der Waals surface area contributed by atoms with Gasteiger partial charge in [0.2, 0.25) is 0 Å². The second-order valence-electron chi connectivity index (χ2n) is 10.5. The van der Waals surface area contributed by atoms with Crippen LogP contribution in [0, 0.1) is 11.3 Å². The highest BCUT2D eigenvalue weighted by Gasteiger charge is 2.44. The average molecular weight is 509 g/mol. The number of nitriles is 1. The van der Waals surface area contributed by atoms with Gasteiger partial charge in [0.1, 0.15) is 0 Å². The number of para-hydroxylation sites is 2. The van der Waals surface area contributed by atoms with Crippen molar-refractivity contribution >= 4 is 40.1 Å². The Morgan fingerprint density at radius 1 is 0.632 bits per heavy atom. The normalized spacial score (nSPS) is 15.6. The lowest BCUT2D eigenvalue weighted by Crippen LogP contribution is -2.33. The summed E-state index contributed by atoms with van der Waals surface area (Å²) in [7, 11) is -3.30. The van der Waals surface area contributed by atoms with Crippen molar-refractivity contribution in [3.63, 3.8) is 0 Å². The Morgan fingerprint density at radius 2 is 1.13 bits per heavy atom. The van der Waals surface area contributed by atoms with Crippen molar-refractivity contribution in [3.8, 4) is 17.2 Å². The lowest BCUT2D eigenvalue weighted by Gasteiger charge is -2.42. The number of hydrogen-bond acceptors (Lipinski definition) is 3. The van der Waals surface area contributed by atoms with Gasteiger partial charge in [0.15, 0.2) is 7.14 Å². The number of benzene rings is 5. The largest absolute Gasteiger partial charge is 0.309 e. The van der Waals surface area contributed by atoms with Crippen molar-refractivity contribution in [1.82, 2.24) is 0 Å². The zero-order valence-electron chi connectivity index (χ0n) is 21.2. The van der Waals surface area contributed by atoms with Crippen LogP contribution >= 0.6 is 7.14 Å². The molecule has 7 rings (SSSR count). The van der Waals surface area contributed by atoms with Gasteiger partial charge in [-0.2, -0.15) is 5.26 Å². The fraction of sp³-hybridized carbons (Fsp3) is 0.0882. The minimum absolute atomic E-state index is 0.201. The van der Waals surface area contributed by atoms with Crippen LogP contribution in [0.2, 0.25) is 0 Å². The van der Waals surface area contributed by atoms with Crippen LogP contribution in [0.15, 0.2) is 115 Å². The Kier molecular flexibility index (Phi) is 4.83. The van der Waals surface area contributed by atoms with E-state index in [9.17, 15) is 5.26 Å². The van der Waals surface area contributed by atoms with E-state index in [2.05, 4.69) is 85.5 Å². The van der Waals surface area contributed by atoms with Crippen LogP contribution in [0.25, 0.3) is 11.1 Å². The molecule has 5 aromatic carbocycles. The van der Waals surface area contributed by atoms with Gasteiger partial charge in [0.05, 0.1) is 28.7 Å².